The summed E-state index contributed by atoms with van der Waals surface area (Å²) in [5, 5.41) is 18.3. The maximum absolute atomic E-state index is 13.5. The van der Waals surface area contributed by atoms with E-state index in [2.05, 4.69) is 22.2 Å². The molecule has 6 nitrogen and oxygen atoms in total. The van der Waals surface area contributed by atoms with E-state index in [9.17, 15) is 4.79 Å². The number of aromatic nitrogens is 4. The van der Waals surface area contributed by atoms with Gasteiger partial charge in [-0.1, -0.05) is 48.4 Å². The Morgan fingerprint density at radius 1 is 1.07 bits per heavy atom. The van der Waals surface area contributed by atoms with Gasteiger partial charge < -0.3 is 5.11 Å². The number of pyridine rings is 1. The summed E-state index contributed by atoms with van der Waals surface area (Å²) < 4.78 is 3.29. The predicted octanol–water partition coefficient (Wildman–Crippen LogP) is 2.54. The minimum atomic E-state index is -0.0839. The summed E-state index contributed by atoms with van der Waals surface area (Å²) in [6.07, 6.45) is 2.41. The van der Waals surface area contributed by atoms with Gasteiger partial charge in [0.15, 0.2) is 5.69 Å². The molecule has 0 radical (unpaired) electrons. The highest BCUT2D eigenvalue weighted by molar-refractivity contribution is 5.88. The van der Waals surface area contributed by atoms with Gasteiger partial charge >= 0.3 is 0 Å². The zero-order valence-corrected chi connectivity index (χ0v) is 16.0. The van der Waals surface area contributed by atoms with Gasteiger partial charge in [0.05, 0.1) is 24.7 Å². The van der Waals surface area contributed by atoms with Gasteiger partial charge in [0, 0.05) is 16.9 Å². The molecular formula is C23H20N4O2. The third-order valence-corrected chi connectivity index (χ3v) is 4.69. The summed E-state index contributed by atoms with van der Waals surface area (Å²) >= 11 is 0. The summed E-state index contributed by atoms with van der Waals surface area (Å²) in [6.45, 7) is 2.39. The number of fused-ring (bicyclic) bond motifs is 1. The van der Waals surface area contributed by atoms with Crippen LogP contribution >= 0.6 is 0 Å². The molecule has 0 aliphatic heterocycles. The normalized spacial score (nSPS) is 10.7. The first-order valence-corrected chi connectivity index (χ1v) is 9.47. The Bertz CT molecular complexity index is 1280. The molecule has 2 aromatic heterocycles. The summed E-state index contributed by atoms with van der Waals surface area (Å²) in [5.74, 6) is 6.05. The highest BCUT2D eigenvalue weighted by Crippen LogP contribution is 2.19. The van der Waals surface area contributed by atoms with Crippen molar-refractivity contribution in [1.82, 2.24) is 19.6 Å². The van der Waals surface area contributed by atoms with Crippen LogP contribution in [0.3, 0.4) is 0 Å². The lowest BCUT2D eigenvalue weighted by Gasteiger charge is -2.14. The average Bonchev–Trinajstić information content (AvgIpc) is 3.20. The van der Waals surface area contributed by atoms with Crippen molar-refractivity contribution in [2.24, 2.45) is 0 Å². The molecule has 0 saturated carbocycles. The molecule has 29 heavy (non-hydrogen) atoms. The van der Waals surface area contributed by atoms with E-state index >= 15 is 0 Å². The van der Waals surface area contributed by atoms with Crippen molar-refractivity contribution < 1.29 is 5.11 Å². The molecule has 0 amide bonds. The number of nitrogens with zero attached hydrogens (tertiary/aromatic N) is 4. The molecule has 0 aliphatic carbocycles. The van der Waals surface area contributed by atoms with Crippen LogP contribution in [0, 0.1) is 11.8 Å². The van der Waals surface area contributed by atoms with E-state index in [1.165, 1.54) is 4.68 Å². The number of aliphatic hydroxyl groups is 1. The van der Waals surface area contributed by atoms with Gasteiger partial charge in [0.25, 0.3) is 5.56 Å². The fourth-order valence-electron chi connectivity index (χ4n) is 3.34. The van der Waals surface area contributed by atoms with Crippen LogP contribution in [-0.4, -0.2) is 31.3 Å². The molecule has 2 aromatic carbocycles. The Morgan fingerprint density at radius 2 is 1.90 bits per heavy atom. The molecule has 0 aliphatic rings. The van der Waals surface area contributed by atoms with Crippen molar-refractivity contribution in [3.63, 3.8) is 0 Å². The zero-order chi connectivity index (χ0) is 20.2. The Balaban J connectivity index is 1.88. The van der Waals surface area contributed by atoms with Crippen molar-refractivity contribution in [3.8, 4) is 17.5 Å². The van der Waals surface area contributed by atoms with Crippen LogP contribution in [0.15, 0.2) is 65.6 Å². The van der Waals surface area contributed by atoms with Crippen molar-refractivity contribution in [1.29, 1.82) is 0 Å². The third-order valence-electron chi connectivity index (χ3n) is 4.69. The number of hydrogen-bond acceptors (Lipinski definition) is 4. The fraction of sp³-hybridized carbons (Fsp3) is 0.174. The molecule has 0 unspecified atom stereocenters. The molecule has 0 saturated heterocycles. The largest absolute Gasteiger partial charge is 0.394 e. The lowest BCUT2D eigenvalue weighted by molar-refractivity contribution is 0.268. The van der Waals surface area contributed by atoms with Crippen molar-refractivity contribution in [3.05, 3.63) is 88.1 Å². The number of para-hydroxylation sites is 1. The minimum absolute atomic E-state index is 0.0155. The van der Waals surface area contributed by atoms with Crippen molar-refractivity contribution >= 4 is 10.8 Å². The van der Waals surface area contributed by atoms with Gasteiger partial charge in [-0.05, 0) is 42.0 Å². The van der Waals surface area contributed by atoms with Crippen LogP contribution in [0.25, 0.3) is 16.5 Å². The first kappa shape index (κ1) is 18.7. The van der Waals surface area contributed by atoms with Gasteiger partial charge in [0.1, 0.15) is 0 Å². The second-order valence-electron chi connectivity index (χ2n) is 6.58. The van der Waals surface area contributed by atoms with Gasteiger partial charge in [-0.2, -0.15) is 0 Å². The number of rotatable bonds is 4. The molecule has 0 atom stereocenters. The molecule has 2 heterocycles. The van der Waals surface area contributed by atoms with E-state index in [1.807, 2.05) is 61.5 Å². The summed E-state index contributed by atoms with van der Waals surface area (Å²) in [6, 6.07) is 17.4. The van der Waals surface area contributed by atoms with E-state index in [0.29, 0.717) is 23.2 Å². The van der Waals surface area contributed by atoms with Gasteiger partial charge in [0.2, 0.25) is 0 Å². The number of benzene rings is 2. The highest BCUT2D eigenvalue weighted by atomic mass is 16.3. The first-order chi connectivity index (χ1) is 14.2. The summed E-state index contributed by atoms with van der Waals surface area (Å²) in [5.41, 5.74) is 2.84. The molecule has 6 heteroatoms. The Kier molecular flexibility index (Phi) is 5.23. The summed E-state index contributed by atoms with van der Waals surface area (Å²) in [7, 11) is 0. The lowest BCUT2D eigenvalue weighted by atomic mass is 10.0. The molecule has 4 aromatic rings. The fourth-order valence-corrected chi connectivity index (χ4v) is 3.34. The number of aryl methyl sites for hydroxylation is 1. The lowest BCUT2D eigenvalue weighted by Crippen LogP contribution is -2.22. The molecule has 1 N–H and O–H groups in total. The SMILES string of the molecule is CCc1cc2cccc(C#Cc3cn(CCO)nn3)c2c(=O)n1-c1ccccc1. The van der Waals surface area contributed by atoms with Crippen LogP contribution in [0.4, 0.5) is 0 Å². The molecular weight excluding hydrogens is 364 g/mol. The zero-order valence-electron chi connectivity index (χ0n) is 16.0. The topological polar surface area (TPSA) is 72.9 Å². The van der Waals surface area contributed by atoms with Crippen LogP contribution in [0.2, 0.25) is 0 Å². The second kappa shape index (κ2) is 8.13. The number of aliphatic hydroxyl groups excluding tert-OH is 1. The standard InChI is InChI=1S/C23H20N4O2/c1-2-20-15-18-8-6-7-17(11-12-19-16-26(13-14-28)25-24-19)22(18)23(29)27(20)21-9-4-3-5-10-21/h3-10,15-16,28H,2,13-14H2,1H3. The molecule has 4 rings (SSSR count). The average molecular weight is 384 g/mol. The Morgan fingerprint density at radius 3 is 2.66 bits per heavy atom. The molecule has 144 valence electrons. The first-order valence-electron chi connectivity index (χ1n) is 9.47. The summed E-state index contributed by atoms with van der Waals surface area (Å²) in [4.78, 5) is 13.5. The molecule has 0 fully saturated rings. The van der Waals surface area contributed by atoms with Gasteiger partial charge in [-0.3, -0.25) is 9.36 Å². The molecule has 0 bridgehead atoms. The third kappa shape index (κ3) is 3.68. The van der Waals surface area contributed by atoms with Crippen LogP contribution < -0.4 is 5.56 Å². The maximum atomic E-state index is 13.5. The van der Waals surface area contributed by atoms with E-state index in [4.69, 9.17) is 5.11 Å². The Labute approximate surface area is 168 Å². The van der Waals surface area contributed by atoms with Crippen molar-refractivity contribution in [2.45, 2.75) is 19.9 Å². The van der Waals surface area contributed by atoms with Crippen molar-refractivity contribution in [2.75, 3.05) is 6.61 Å². The minimum Gasteiger partial charge on any atom is -0.394 e. The van der Waals surface area contributed by atoms with E-state index < -0.39 is 0 Å². The quantitative estimate of drug-likeness (QED) is 0.549. The number of hydrogen-bond donors (Lipinski definition) is 1. The monoisotopic (exact) mass is 384 g/mol. The molecule has 0 spiro atoms. The van der Waals surface area contributed by atoms with Gasteiger partial charge in [-0.25, -0.2) is 4.68 Å². The van der Waals surface area contributed by atoms with Crippen LogP contribution in [-0.2, 0) is 13.0 Å². The second-order valence-corrected chi connectivity index (χ2v) is 6.58. The maximum Gasteiger partial charge on any atom is 0.264 e. The van der Waals surface area contributed by atoms with E-state index in [0.717, 1.165) is 23.2 Å². The van der Waals surface area contributed by atoms with E-state index in [1.54, 1.807) is 10.8 Å². The smallest absolute Gasteiger partial charge is 0.264 e. The Hall–Kier alpha value is -3.69. The van der Waals surface area contributed by atoms with Crippen LogP contribution in [0.1, 0.15) is 23.9 Å². The van der Waals surface area contributed by atoms with Crippen LogP contribution in [0.5, 0.6) is 0 Å². The van der Waals surface area contributed by atoms with E-state index in [-0.39, 0.29) is 12.2 Å². The van der Waals surface area contributed by atoms with Gasteiger partial charge in [-0.15, -0.1) is 5.10 Å². The highest BCUT2D eigenvalue weighted by Gasteiger charge is 2.12. The predicted molar refractivity (Wildman–Crippen MR) is 112 cm³/mol.